The first-order valence-electron chi connectivity index (χ1n) is 7.96. The molecule has 2 aromatic rings. The van der Waals surface area contributed by atoms with Crippen LogP contribution in [-0.4, -0.2) is 43.3 Å². The van der Waals surface area contributed by atoms with Gasteiger partial charge in [0.2, 0.25) is 10.0 Å². The van der Waals surface area contributed by atoms with Gasteiger partial charge in [-0.05, 0) is 31.2 Å². The lowest BCUT2D eigenvalue weighted by Gasteiger charge is -2.40. The number of piperazine rings is 1. The van der Waals surface area contributed by atoms with Crippen molar-refractivity contribution < 1.29 is 13.3 Å². The van der Waals surface area contributed by atoms with Crippen molar-refractivity contribution in [3.63, 3.8) is 0 Å². The van der Waals surface area contributed by atoms with Crippen LogP contribution in [0.25, 0.3) is 0 Å². The van der Waals surface area contributed by atoms with E-state index in [0.29, 0.717) is 24.5 Å². The summed E-state index contributed by atoms with van der Waals surface area (Å²) in [5.41, 5.74) is 0.899. The van der Waals surface area contributed by atoms with E-state index >= 15 is 0 Å². The van der Waals surface area contributed by atoms with Gasteiger partial charge in [0.05, 0.1) is 9.82 Å². The molecule has 1 saturated heterocycles. The van der Waals surface area contributed by atoms with E-state index in [0.717, 1.165) is 5.69 Å². The molecule has 0 unspecified atom stereocenters. The van der Waals surface area contributed by atoms with Crippen molar-refractivity contribution >= 4 is 21.4 Å². The van der Waals surface area contributed by atoms with E-state index in [4.69, 9.17) is 0 Å². The molecule has 0 spiro atoms. The molecule has 0 N–H and O–H groups in total. The van der Waals surface area contributed by atoms with Gasteiger partial charge < -0.3 is 4.90 Å². The summed E-state index contributed by atoms with van der Waals surface area (Å²) in [6.07, 6.45) is 0. The highest BCUT2D eigenvalue weighted by molar-refractivity contribution is 7.89. The minimum atomic E-state index is -3.52. The number of sulfonamides is 1. The molecule has 0 aromatic heterocycles. The molecular formula is C17H19N3O4S. The van der Waals surface area contributed by atoms with Crippen molar-refractivity contribution in [1.29, 1.82) is 0 Å². The maximum absolute atomic E-state index is 12.8. The summed E-state index contributed by atoms with van der Waals surface area (Å²) >= 11 is 0. The Labute approximate surface area is 146 Å². The first-order chi connectivity index (χ1) is 11.9. The van der Waals surface area contributed by atoms with Crippen LogP contribution in [0.1, 0.15) is 6.92 Å². The number of non-ortho nitro benzene ring substituents is 1. The Hall–Kier alpha value is -2.45. The second-order valence-electron chi connectivity index (χ2n) is 6.00. The first kappa shape index (κ1) is 17.4. The summed E-state index contributed by atoms with van der Waals surface area (Å²) in [6, 6.07) is 14.5. The van der Waals surface area contributed by atoms with E-state index in [9.17, 15) is 18.5 Å². The van der Waals surface area contributed by atoms with Crippen molar-refractivity contribution in [2.75, 3.05) is 24.5 Å². The molecule has 8 heteroatoms. The quantitative estimate of drug-likeness (QED) is 0.617. The topological polar surface area (TPSA) is 83.8 Å². The monoisotopic (exact) mass is 361 g/mol. The molecule has 7 nitrogen and oxygen atoms in total. The zero-order valence-electron chi connectivity index (χ0n) is 13.8. The van der Waals surface area contributed by atoms with Crippen LogP contribution in [0.15, 0.2) is 59.5 Å². The summed E-state index contributed by atoms with van der Waals surface area (Å²) in [5.74, 6) is 0. The molecule has 2 aromatic carbocycles. The Morgan fingerprint density at radius 2 is 1.68 bits per heavy atom. The van der Waals surface area contributed by atoms with Gasteiger partial charge in [0.15, 0.2) is 0 Å². The van der Waals surface area contributed by atoms with Gasteiger partial charge in [0.1, 0.15) is 0 Å². The number of benzene rings is 2. The molecule has 1 fully saturated rings. The minimum Gasteiger partial charge on any atom is -0.369 e. The molecule has 1 aliphatic heterocycles. The van der Waals surface area contributed by atoms with E-state index in [1.165, 1.54) is 16.4 Å². The lowest BCUT2D eigenvalue weighted by Crippen LogP contribution is -2.53. The number of rotatable bonds is 4. The second-order valence-corrected chi connectivity index (χ2v) is 7.89. The van der Waals surface area contributed by atoms with E-state index in [1.54, 1.807) is 42.5 Å². The average Bonchev–Trinajstić information content (AvgIpc) is 2.62. The Morgan fingerprint density at radius 1 is 1.04 bits per heavy atom. The number of anilines is 1. The van der Waals surface area contributed by atoms with Crippen LogP contribution >= 0.6 is 0 Å². The molecule has 1 atom stereocenters. The summed E-state index contributed by atoms with van der Waals surface area (Å²) < 4.78 is 27.1. The molecule has 1 heterocycles. The predicted octanol–water partition coefficient (Wildman–Crippen LogP) is 2.49. The van der Waals surface area contributed by atoms with Crippen molar-refractivity contribution in [3.8, 4) is 0 Å². The largest absolute Gasteiger partial charge is 0.369 e. The standard InChI is InChI=1S/C17H19N3O4S/c1-14-13-18(15-7-9-16(10-8-15)20(21)22)11-12-19(14)25(23,24)17-5-3-2-4-6-17/h2-10,14H,11-13H2,1H3/t14-/m1/s1. The van der Waals surface area contributed by atoms with E-state index in [1.807, 2.05) is 11.8 Å². The van der Waals surface area contributed by atoms with Gasteiger partial charge in [-0.15, -0.1) is 0 Å². The first-order valence-corrected chi connectivity index (χ1v) is 9.40. The Bertz CT molecular complexity index is 853. The number of nitrogens with zero attached hydrogens (tertiary/aromatic N) is 3. The third kappa shape index (κ3) is 3.49. The molecule has 0 radical (unpaired) electrons. The maximum Gasteiger partial charge on any atom is 0.269 e. The highest BCUT2D eigenvalue weighted by Gasteiger charge is 2.33. The lowest BCUT2D eigenvalue weighted by molar-refractivity contribution is -0.384. The SMILES string of the molecule is C[C@@H]1CN(c2ccc([N+](=O)[O-])cc2)CCN1S(=O)(=O)c1ccccc1. The number of nitro groups is 1. The number of nitro benzene ring substituents is 1. The third-order valence-corrected chi connectivity index (χ3v) is 6.37. The van der Waals surface area contributed by atoms with Crippen molar-refractivity contribution in [2.24, 2.45) is 0 Å². The minimum absolute atomic E-state index is 0.0436. The van der Waals surface area contributed by atoms with Gasteiger partial charge in [0, 0.05) is 43.5 Å². The molecule has 1 aliphatic rings. The highest BCUT2D eigenvalue weighted by Crippen LogP contribution is 2.25. The molecular weight excluding hydrogens is 342 g/mol. The molecule has 0 bridgehead atoms. The number of hydrogen-bond donors (Lipinski definition) is 0. The second kappa shape index (κ2) is 6.81. The van der Waals surface area contributed by atoms with Gasteiger partial charge in [0.25, 0.3) is 5.69 Å². The average molecular weight is 361 g/mol. The molecule has 3 rings (SSSR count). The van der Waals surface area contributed by atoms with E-state index in [2.05, 4.69) is 0 Å². The summed E-state index contributed by atoms with van der Waals surface area (Å²) in [4.78, 5) is 12.7. The van der Waals surface area contributed by atoms with Crippen LogP contribution in [-0.2, 0) is 10.0 Å². The van der Waals surface area contributed by atoms with Crippen LogP contribution in [0.2, 0.25) is 0 Å². The van der Waals surface area contributed by atoms with Gasteiger partial charge in [-0.1, -0.05) is 18.2 Å². The van der Waals surface area contributed by atoms with Crippen molar-refractivity contribution in [2.45, 2.75) is 17.9 Å². The fourth-order valence-electron chi connectivity index (χ4n) is 3.05. The molecule has 0 aliphatic carbocycles. The fraction of sp³-hybridized carbons (Fsp3) is 0.294. The smallest absolute Gasteiger partial charge is 0.269 e. The van der Waals surface area contributed by atoms with Gasteiger partial charge in [-0.2, -0.15) is 4.31 Å². The zero-order chi connectivity index (χ0) is 18.0. The highest BCUT2D eigenvalue weighted by atomic mass is 32.2. The zero-order valence-corrected chi connectivity index (χ0v) is 14.6. The van der Waals surface area contributed by atoms with Gasteiger partial charge in [-0.3, -0.25) is 10.1 Å². The third-order valence-electron chi connectivity index (χ3n) is 4.34. The van der Waals surface area contributed by atoms with Gasteiger partial charge in [-0.25, -0.2) is 8.42 Å². The molecule has 132 valence electrons. The Morgan fingerprint density at radius 3 is 2.24 bits per heavy atom. The summed E-state index contributed by atoms with van der Waals surface area (Å²) in [7, 11) is -3.52. The van der Waals surface area contributed by atoms with E-state index in [-0.39, 0.29) is 11.7 Å². The van der Waals surface area contributed by atoms with Crippen LogP contribution < -0.4 is 4.90 Å². The summed E-state index contributed by atoms with van der Waals surface area (Å²) in [5, 5.41) is 10.7. The van der Waals surface area contributed by atoms with Crippen molar-refractivity contribution in [3.05, 3.63) is 64.7 Å². The van der Waals surface area contributed by atoms with E-state index < -0.39 is 14.9 Å². The van der Waals surface area contributed by atoms with Crippen LogP contribution in [0, 0.1) is 10.1 Å². The number of hydrogen-bond acceptors (Lipinski definition) is 5. The van der Waals surface area contributed by atoms with Crippen LogP contribution in [0.3, 0.4) is 0 Å². The Balaban J connectivity index is 1.75. The molecule has 0 amide bonds. The van der Waals surface area contributed by atoms with Gasteiger partial charge >= 0.3 is 0 Å². The van der Waals surface area contributed by atoms with Crippen molar-refractivity contribution in [1.82, 2.24) is 4.31 Å². The predicted molar refractivity (Wildman–Crippen MR) is 95.1 cm³/mol. The molecule has 25 heavy (non-hydrogen) atoms. The van der Waals surface area contributed by atoms with Crippen LogP contribution in [0.5, 0.6) is 0 Å². The Kier molecular flexibility index (Phi) is 4.73. The lowest BCUT2D eigenvalue weighted by atomic mass is 10.2. The normalized spacial score (nSPS) is 18.9. The molecule has 0 saturated carbocycles. The summed E-state index contributed by atoms with van der Waals surface area (Å²) in [6.45, 7) is 3.31. The maximum atomic E-state index is 12.8. The van der Waals surface area contributed by atoms with Crippen LogP contribution in [0.4, 0.5) is 11.4 Å². The fourth-order valence-corrected chi connectivity index (χ4v) is 4.68.